The summed E-state index contributed by atoms with van der Waals surface area (Å²) in [4.78, 5) is 14.2. The molecule has 0 aromatic heterocycles. The van der Waals surface area contributed by atoms with Gasteiger partial charge in [0.25, 0.3) is 8.32 Å². The van der Waals surface area contributed by atoms with Crippen LogP contribution < -0.4 is 10.4 Å². The lowest BCUT2D eigenvalue weighted by atomic mass is 10.00. The number of amides is 1. The van der Waals surface area contributed by atoms with Gasteiger partial charge in [-0.05, 0) is 21.8 Å². The molecule has 0 saturated heterocycles. The highest BCUT2D eigenvalue weighted by atomic mass is 28.4. The van der Waals surface area contributed by atoms with Crippen molar-refractivity contribution in [3.63, 3.8) is 0 Å². The quantitative estimate of drug-likeness (QED) is 0.452. The molecular weight excluding hydrogens is 414 g/mol. The lowest BCUT2D eigenvalue weighted by Crippen LogP contribution is -2.67. The molecule has 0 bridgehead atoms. The molecule has 170 valence electrons. The fourth-order valence-corrected chi connectivity index (χ4v) is 9.26. The van der Waals surface area contributed by atoms with E-state index in [0.717, 1.165) is 0 Å². The molecule has 0 aliphatic carbocycles. The van der Waals surface area contributed by atoms with Crippen molar-refractivity contribution >= 4 is 24.8 Å². The van der Waals surface area contributed by atoms with Crippen LogP contribution in [0.5, 0.6) is 0 Å². The van der Waals surface area contributed by atoms with E-state index in [0.29, 0.717) is 19.6 Å². The maximum atomic E-state index is 12.4. The molecule has 1 aliphatic rings. The number of benzene rings is 2. The third kappa shape index (κ3) is 4.89. The zero-order valence-corrected chi connectivity index (χ0v) is 20.7. The molecule has 0 N–H and O–H groups in total. The first-order valence-corrected chi connectivity index (χ1v) is 13.1. The highest BCUT2D eigenvalue weighted by Crippen LogP contribution is 2.37. The predicted molar refractivity (Wildman–Crippen MR) is 134 cm³/mol. The maximum Gasteiger partial charge on any atom is 0.410 e. The average molecular weight is 450 g/mol. The first kappa shape index (κ1) is 24.0. The summed E-state index contributed by atoms with van der Waals surface area (Å²) in [5.74, 6) is 0.0943. The molecule has 5 heteroatoms. The molecule has 32 heavy (non-hydrogen) atoms. The van der Waals surface area contributed by atoms with Gasteiger partial charge in [-0.15, -0.1) is 6.58 Å². The fraction of sp³-hybridized carbons (Fsp3) is 0.370. The van der Waals surface area contributed by atoms with Gasteiger partial charge in [-0.3, -0.25) is 0 Å². The van der Waals surface area contributed by atoms with Crippen molar-refractivity contribution in [1.82, 2.24) is 4.90 Å². The first-order chi connectivity index (χ1) is 15.3. The van der Waals surface area contributed by atoms with Gasteiger partial charge < -0.3 is 14.1 Å². The van der Waals surface area contributed by atoms with Gasteiger partial charge >= 0.3 is 6.09 Å². The van der Waals surface area contributed by atoms with Crippen LogP contribution in [0, 0.1) is 5.92 Å². The largest absolute Gasteiger partial charge is 0.453 e. The third-order valence-corrected chi connectivity index (χ3v) is 11.2. The molecule has 1 aliphatic heterocycles. The van der Waals surface area contributed by atoms with E-state index in [1.807, 2.05) is 18.2 Å². The van der Waals surface area contributed by atoms with E-state index in [9.17, 15) is 4.79 Å². The number of rotatable bonds is 7. The van der Waals surface area contributed by atoms with E-state index in [4.69, 9.17) is 9.16 Å². The molecule has 0 unspecified atom stereocenters. The number of ether oxygens (including phenoxy) is 1. The Labute approximate surface area is 193 Å². The summed E-state index contributed by atoms with van der Waals surface area (Å²) in [6.07, 6.45) is 6.50. The van der Waals surface area contributed by atoms with Gasteiger partial charge in [-0.1, -0.05) is 99.7 Å². The van der Waals surface area contributed by atoms with Crippen LogP contribution in [0.15, 0.2) is 85.5 Å². The molecule has 2 aromatic rings. The van der Waals surface area contributed by atoms with Crippen LogP contribution in [0.25, 0.3) is 0 Å². The van der Waals surface area contributed by atoms with Crippen LogP contribution in [-0.4, -0.2) is 45.6 Å². The normalized spacial score (nSPS) is 18.9. The summed E-state index contributed by atoms with van der Waals surface area (Å²) < 4.78 is 12.1. The van der Waals surface area contributed by atoms with Gasteiger partial charge in [0.1, 0.15) is 0 Å². The number of methoxy groups -OCH3 is 1. The zero-order chi connectivity index (χ0) is 23.2. The number of nitrogens with zero attached hydrogens (tertiary/aromatic N) is 1. The van der Waals surface area contributed by atoms with Crippen LogP contribution in [0.3, 0.4) is 0 Å². The Balaban J connectivity index is 1.95. The lowest BCUT2D eigenvalue weighted by Gasteiger charge is -2.44. The zero-order valence-electron chi connectivity index (χ0n) is 19.7. The molecule has 2 atom stereocenters. The monoisotopic (exact) mass is 449 g/mol. The molecule has 0 fully saturated rings. The van der Waals surface area contributed by atoms with E-state index in [1.54, 1.807) is 4.90 Å². The summed E-state index contributed by atoms with van der Waals surface area (Å²) >= 11 is 0. The van der Waals surface area contributed by atoms with Crippen LogP contribution in [-0.2, 0) is 9.16 Å². The number of carbonyl (C=O) groups excluding carboxylic acids is 1. The summed E-state index contributed by atoms with van der Waals surface area (Å²) in [5, 5.41) is 2.43. The summed E-state index contributed by atoms with van der Waals surface area (Å²) in [5.41, 5.74) is 0. The Morgan fingerprint density at radius 3 is 2.09 bits per heavy atom. The highest BCUT2D eigenvalue weighted by molar-refractivity contribution is 6.99. The Morgan fingerprint density at radius 2 is 1.62 bits per heavy atom. The SMILES string of the molecule is C=CC[C@@H]1C=C[C@@H](CO[Si](c2ccccc2)(c2ccccc2)C(C)(C)C)CN1C(=O)OC. The van der Waals surface area contributed by atoms with E-state index in [-0.39, 0.29) is 23.1 Å². The minimum absolute atomic E-state index is 0.0240. The van der Waals surface area contributed by atoms with Crippen molar-refractivity contribution < 1.29 is 14.0 Å². The number of hydrogen-bond acceptors (Lipinski definition) is 3. The van der Waals surface area contributed by atoms with Crippen molar-refractivity contribution in [2.75, 3.05) is 20.3 Å². The third-order valence-electron chi connectivity index (χ3n) is 6.18. The Hall–Kier alpha value is -2.63. The van der Waals surface area contributed by atoms with E-state index < -0.39 is 8.32 Å². The lowest BCUT2D eigenvalue weighted by molar-refractivity contribution is 0.0980. The minimum atomic E-state index is -2.61. The maximum absolute atomic E-state index is 12.4. The molecule has 0 radical (unpaired) electrons. The molecular formula is C27H35NO3Si. The number of carbonyl (C=O) groups is 1. The minimum Gasteiger partial charge on any atom is -0.453 e. The fourth-order valence-electron chi connectivity index (χ4n) is 4.64. The smallest absolute Gasteiger partial charge is 0.410 e. The van der Waals surface area contributed by atoms with Gasteiger partial charge in [0.2, 0.25) is 0 Å². The van der Waals surface area contributed by atoms with E-state index >= 15 is 0 Å². The summed E-state index contributed by atoms with van der Waals surface area (Å²) in [6, 6.07) is 21.2. The second-order valence-electron chi connectivity index (χ2n) is 9.33. The van der Waals surface area contributed by atoms with Gasteiger partial charge in [0, 0.05) is 19.1 Å². The Morgan fingerprint density at radius 1 is 1.06 bits per heavy atom. The van der Waals surface area contributed by atoms with Crippen molar-refractivity contribution in [1.29, 1.82) is 0 Å². The summed E-state index contributed by atoms with van der Waals surface area (Å²) in [7, 11) is -1.18. The Kier molecular flexibility index (Phi) is 7.75. The van der Waals surface area contributed by atoms with E-state index in [1.165, 1.54) is 17.5 Å². The molecule has 2 aromatic carbocycles. The second kappa shape index (κ2) is 10.3. The van der Waals surface area contributed by atoms with Crippen LogP contribution >= 0.6 is 0 Å². The topological polar surface area (TPSA) is 38.8 Å². The van der Waals surface area contributed by atoms with Gasteiger partial charge in [0.05, 0.1) is 13.2 Å². The molecule has 1 amide bonds. The standard InChI is InChI=1S/C27H35NO3Si/c1-6-13-23-19-18-22(20-28(23)26(29)30-5)21-31-32(27(2,3)4,24-14-9-7-10-15-24)25-16-11-8-12-17-25/h6-12,14-19,22-23H,1,13,20-21H2,2-5H3/t22-,23-/m1/s1. The van der Waals surface area contributed by atoms with Crippen molar-refractivity contribution in [3.05, 3.63) is 85.5 Å². The average Bonchev–Trinajstić information content (AvgIpc) is 2.80. The van der Waals surface area contributed by atoms with E-state index in [2.05, 4.69) is 88.0 Å². The molecule has 0 spiro atoms. The summed E-state index contributed by atoms with van der Waals surface area (Å²) in [6.45, 7) is 11.8. The van der Waals surface area contributed by atoms with Crippen LogP contribution in [0.4, 0.5) is 4.79 Å². The van der Waals surface area contributed by atoms with Crippen LogP contribution in [0.2, 0.25) is 5.04 Å². The van der Waals surface area contributed by atoms with Crippen LogP contribution in [0.1, 0.15) is 27.2 Å². The molecule has 0 saturated carbocycles. The van der Waals surface area contributed by atoms with Crippen molar-refractivity contribution in [2.45, 2.75) is 38.3 Å². The van der Waals surface area contributed by atoms with Gasteiger partial charge in [0.15, 0.2) is 0 Å². The first-order valence-electron chi connectivity index (χ1n) is 11.2. The van der Waals surface area contributed by atoms with Crippen molar-refractivity contribution in [3.8, 4) is 0 Å². The highest BCUT2D eigenvalue weighted by Gasteiger charge is 2.50. The molecule has 3 rings (SSSR count). The Bertz CT molecular complexity index is 881. The van der Waals surface area contributed by atoms with Gasteiger partial charge in [-0.2, -0.15) is 0 Å². The van der Waals surface area contributed by atoms with Gasteiger partial charge in [-0.25, -0.2) is 4.79 Å². The number of hydrogen-bond donors (Lipinski definition) is 0. The van der Waals surface area contributed by atoms with Crippen molar-refractivity contribution in [2.24, 2.45) is 5.92 Å². The molecule has 1 heterocycles. The second-order valence-corrected chi connectivity index (χ2v) is 13.6. The molecule has 4 nitrogen and oxygen atoms in total. The predicted octanol–water partition coefficient (Wildman–Crippen LogP) is 4.76.